The van der Waals surface area contributed by atoms with E-state index in [-0.39, 0.29) is 11.8 Å². The molecule has 5 nitrogen and oxygen atoms in total. The highest BCUT2D eigenvalue weighted by molar-refractivity contribution is 6.14. The third-order valence-corrected chi connectivity index (χ3v) is 4.65. The number of ether oxygens (including phenoxy) is 1. The molecule has 28 heavy (non-hydrogen) atoms. The molecule has 0 unspecified atom stereocenters. The monoisotopic (exact) mass is 384 g/mol. The van der Waals surface area contributed by atoms with Crippen molar-refractivity contribution in [3.63, 3.8) is 0 Å². The number of carbonyl (C=O) groups excluding carboxylic acids is 2. The smallest absolute Gasteiger partial charge is 0.417 e. The first-order valence-corrected chi connectivity index (χ1v) is 9.83. The minimum atomic E-state index is -1.06. The Labute approximate surface area is 168 Å². The SMILES string of the molecule is C/C=C/C[C@]1(C)N=C(c2ccccc2)[C@@H](C(C)C)N(C(=O)OC(C)(C)C)C1=O. The van der Waals surface area contributed by atoms with E-state index in [2.05, 4.69) is 0 Å². The van der Waals surface area contributed by atoms with Crippen molar-refractivity contribution in [3.8, 4) is 0 Å². The maximum atomic E-state index is 13.5. The number of hydrogen-bond donors (Lipinski definition) is 0. The Balaban J connectivity index is 2.65. The summed E-state index contributed by atoms with van der Waals surface area (Å²) in [6, 6.07) is 9.26. The first-order valence-electron chi connectivity index (χ1n) is 9.83. The zero-order valence-corrected chi connectivity index (χ0v) is 18.0. The number of aliphatic imine (C=N–C) groups is 1. The molecule has 1 aromatic carbocycles. The van der Waals surface area contributed by atoms with Gasteiger partial charge in [0.15, 0.2) is 0 Å². The first kappa shape index (κ1) is 21.9. The summed E-state index contributed by atoms with van der Waals surface area (Å²) in [7, 11) is 0. The molecule has 0 N–H and O–H groups in total. The molecular weight excluding hydrogens is 352 g/mol. The van der Waals surface area contributed by atoms with E-state index in [1.54, 1.807) is 27.7 Å². The van der Waals surface area contributed by atoms with Gasteiger partial charge in [-0.25, -0.2) is 9.69 Å². The van der Waals surface area contributed by atoms with Gasteiger partial charge in [-0.15, -0.1) is 0 Å². The van der Waals surface area contributed by atoms with Crippen molar-refractivity contribution in [2.24, 2.45) is 10.9 Å². The van der Waals surface area contributed by atoms with E-state index in [1.807, 2.05) is 63.3 Å². The van der Waals surface area contributed by atoms with Crippen LogP contribution in [-0.2, 0) is 9.53 Å². The summed E-state index contributed by atoms with van der Waals surface area (Å²) < 4.78 is 5.60. The quantitative estimate of drug-likeness (QED) is 0.686. The molecule has 2 atom stereocenters. The molecule has 1 heterocycles. The first-order chi connectivity index (χ1) is 13.0. The van der Waals surface area contributed by atoms with E-state index in [0.29, 0.717) is 6.42 Å². The van der Waals surface area contributed by atoms with Crippen molar-refractivity contribution in [2.45, 2.75) is 72.1 Å². The standard InChI is InChI=1S/C23H32N2O3/c1-8-9-15-23(7)20(26)25(21(27)28-22(4,5)6)19(16(2)3)18(24-23)17-13-11-10-12-14-17/h8-14,16,19H,15H2,1-7H3/b9-8+/t19-,23+/m1/s1. The summed E-state index contributed by atoms with van der Waals surface area (Å²) in [5.74, 6) is -0.333. The highest BCUT2D eigenvalue weighted by Crippen LogP contribution is 2.33. The minimum absolute atomic E-state index is 0.0123. The molecule has 0 saturated carbocycles. The van der Waals surface area contributed by atoms with E-state index in [4.69, 9.17) is 9.73 Å². The molecule has 0 aliphatic carbocycles. The van der Waals surface area contributed by atoms with E-state index in [0.717, 1.165) is 11.3 Å². The van der Waals surface area contributed by atoms with E-state index in [9.17, 15) is 9.59 Å². The van der Waals surface area contributed by atoms with Crippen LogP contribution >= 0.6 is 0 Å². The fourth-order valence-electron chi connectivity index (χ4n) is 3.33. The Hall–Kier alpha value is -2.43. The zero-order valence-electron chi connectivity index (χ0n) is 18.0. The second-order valence-corrected chi connectivity index (χ2v) is 8.75. The summed E-state index contributed by atoms with van der Waals surface area (Å²) in [5.41, 5.74) is -0.0953. The van der Waals surface area contributed by atoms with Crippen LogP contribution in [0.4, 0.5) is 4.79 Å². The molecule has 0 fully saturated rings. The fraction of sp³-hybridized carbons (Fsp3) is 0.522. The van der Waals surface area contributed by atoms with E-state index in [1.165, 1.54) is 4.90 Å². The zero-order chi connectivity index (χ0) is 21.1. The summed E-state index contributed by atoms with van der Waals surface area (Å²) in [4.78, 5) is 32.7. The summed E-state index contributed by atoms with van der Waals surface area (Å²) in [6.45, 7) is 13.1. The lowest BCUT2D eigenvalue weighted by Gasteiger charge is -2.43. The maximum Gasteiger partial charge on any atom is 0.417 e. The number of imide groups is 1. The molecule has 2 rings (SSSR count). The Bertz CT molecular complexity index is 775. The molecule has 0 bridgehead atoms. The van der Waals surface area contributed by atoms with Gasteiger partial charge in [0, 0.05) is 0 Å². The van der Waals surface area contributed by atoms with Crippen molar-refractivity contribution in [3.05, 3.63) is 48.0 Å². The van der Waals surface area contributed by atoms with Gasteiger partial charge in [0.2, 0.25) is 0 Å². The van der Waals surface area contributed by atoms with Gasteiger partial charge in [0.05, 0.1) is 11.8 Å². The van der Waals surface area contributed by atoms with Gasteiger partial charge >= 0.3 is 6.09 Å². The van der Waals surface area contributed by atoms with E-state index >= 15 is 0 Å². The largest absolute Gasteiger partial charge is 0.443 e. The van der Waals surface area contributed by atoms with Crippen molar-refractivity contribution < 1.29 is 14.3 Å². The lowest BCUT2D eigenvalue weighted by molar-refractivity contribution is -0.138. The minimum Gasteiger partial charge on any atom is -0.443 e. The molecule has 1 aliphatic heterocycles. The number of nitrogens with zero attached hydrogens (tertiary/aromatic N) is 2. The fourth-order valence-corrected chi connectivity index (χ4v) is 3.33. The van der Waals surface area contributed by atoms with Gasteiger partial charge in [-0.05, 0) is 52.5 Å². The van der Waals surface area contributed by atoms with Crippen molar-refractivity contribution >= 4 is 17.7 Å². The molecule has 0 saturated heterocycles. The Morgan fingerprint density at radius 2 is 1.89 bits per heavy atom. The molecular formula is C23H32N2O3. The molecule has 5 heteroatoms. The predicted molar refractivity (Wildman–Crippen MR) is 113 cm³/mol. The lowest BCUT2D eigenvalue weighted by Crippen LogP contribution is -2.62. The van der Waals surface area contributed by atoms with Crippen molar-refractivity contribution in [2.75, 3.05) is 0 Å². The average molecular weight is 385 g/mol. The van der Waals surface area contributed by atoms with Gasteiger partial charge < -0.3 is 4.74 Å². The van der Waals surface area contributed by atoms with E-state index < -0.39 is 23.3 Å². The number of allylic oxidation sites excluding steroid dienone is 1. The van der Waals surface area contributed by atoms with Crippen LogP contribution in [0.1, 0.15) is 60.5 Å². The molecule has 2 amide bonds. The highest BCUT2D eigenvalue weighted by Gasteiger charge is 2.49. The van der Waals surface area contributed by atoms with Gasteiger partial charge in [-0.3, -0.25) is 9.79 Å². The topological polar surface area (TPSA) is 59.0 Å². The number of hydrogen-bond acceptors (Lipinski definition) is 4. The summed E-state index contributed by atoms with van der Waals surface area (Å²) in [6.07, 6.45) is 3.60. The predicted octanol–water partition coefficient (Wildman–Crippen LogP) is 5.00. The van der Waals surface area contributed by atoms with Crippen molar-refractivity contribution in [1.82, 2.24) is 4.90 Å². The van der Waals surface area contributed by atoms with Gasteiger partial charge in [-0.1, -0.05) is 56.3 Å². The second-order valence-electron chi connectivity index (χ2n) is 8.75. The number of amides is 2. The molecule has 0 radical (unpaired) electrons. The van der Waals surface area contributed by atoms with Gasteiger partial charge in [0.1, 0.15) is 11.1 Å². The average Bonchev–Trinajstić information content (AvgIpc) is 2.60. The van der Waals surface area contributed by atoms with Crippen LogP contribution in [0.3, 0.4) is 0 Å². The van der Waals surface area contributed by atoms with Crippen LogP contribution < -0.4 is 0 Å². The van der Waals surface area contributed by atoms with Crippen LogP contribution in [0.15, 0.2) is 47.5 Å². The molecule has 152 valence electrons. The highest BCUT2D eigenvalue weighted by atomic mass is 16.6. The van der Waals surface area contributed by atoms with Crippen LogP contribution in [0.25, 0.3) is 0 Å². The number of rotatable bonds is 4. The normalized spacial score (nSPS) is 23.3. The Morgan fingerprint density at radius 3 is 2.39 bits per heavy atom. The van der Waals surface area contributed by atoms with Crippen LogP contribution in [0, 0.1) is 5.92 Å². The third kappa shape index (κ3) is 4.70. The van der Waals surface area contributed by atoms with Gasteiger partial charge in [-0.2, -0.15) is 0 Å². The maximum absolute atomic E-state index is 13.5. The summed E-state index contributed by atoms with van der Waals surface area (Å²) >= 11 is 0. The molecule has 0 aromatic heterocycles. The lowest BCUT2D eigenvalue weighted by atomic mass is 9.85. The van der Waals surface area contributed by atoms with Crippen molar-refractivity contribution in [1.29, 1.82) is 0 Å². The van der Waals surface area contributed by atoms with Crippen LogP contribution in [0.5, 0.6) is 0 Å². The Morgan fingerprint density at radius 1 is 1.29 bits per heavy atom. The Kier molecular flexibility index (Phi) is 6.48. The molecule has 0 spiro atoms. The van der Waals surface area contributed by atoms with Crippen LogP contribution in [-0.4, -0.2) is 39.8 Å². The third-order valence-electron chi connectivity index (χ3n) is 4.65. The summed E-state index contributed by atoms with van der Waals surface area (Å²) in [5, 5.41) is 0. The number of benzene rings is 1. The number of carbonyl (C=O) groups is 2. The molecule has 1 aromatic rings. The second kappa shape index (κ2) is 8.29. The van der Waals surface area contributed by atoms with Crippen LogP contribution in [0.2, 0.25) is 0 Å². The molecule has 1 aliphatic rings. The van der Waals surface area contributed by atoms with Gasteiger partial charge in [0.25, 0.3) is 5.91 Å².